The van der Waals surface area contributed by atoms with Crippen LogP contribution in [0.15, 0.2) is 0 Å². The maximum atomic E-state index is 5.95. The Bertz CT molecular complexity index is 537. The summed E-state index contributed by atoms with van der Waals surface area (Å²) in [5.74, 6) is 0. The average molecular weight is 665 g/mol. The number of hydrogen-bond acceptors (Lipinski definition) is 1. The molecular formula is C43H88N2S. The van der Waals surface area contributed by atoms with Crippen LogP contribution in [0.1, 0.15) is 252 Å². The molecule has 0 amide bonds. The number of hydrogen-bond donors (Lipinski definition) is 1. The zero-order valence-electron chi connectivity index (χ0n) is 32.4. The van der Waals surface area contributed by atoms with E-state index in [2.05, 4.69) is 31.0 Å². The second-order valence-electron chi connectivity index (χ2n) is 14.9. The smallest absolute Gasteiger partial charge is 0.168 e. The van der Waals surface area contributed by atoms with E-state index in [9.17, 15) is 0 Å². The first-order valence-corrected chi connectivity index (χ1v) is 22.2. The Hall–Kier alpha value is -0.310. The van der Waals surface area contributed by atoms with Crippen LogP contribution in [-0.2, 0) is 0 Å². The Labute approximate surface area is 298 Å². The standard InChI is InChI=1S/C43H88N2S/c1-4-7-10-13-16-19-22-25-28-31-34-37-40-44-43(46)45(41-38-35-32-29-26-23-20-17-14-11-8-5-2)42-39-36-33-30-27-24-21-18-15-12-9-6-3/h4-42H2,1-3H3,(H,44,46). The van der Waals surface area contributed by atoms with E-state index in [1.807, 2.05) is 0 Å². The number of rotatable bonds is 39. The average Bonchev–Trinajstić information content (AvgIpc) is 3.06. The van der Waals surface area contributed by atoms with Crippen molar-refractivity contribution in [1.29, 1.82) is 0 Å². The van der Waals surface area contributed by atoms with Crippen molar-refractivity contribution < 1.29 is 0 Å². The number of nitrogens with one attached hydrogen (secondary N) is 1. The van der Waals surface area contributed by atoms with E-state index in [1.165, 1.54) is 231 Å². The van der Waals surface area contributed by atoms with Gasteiger partial charge in [-0.2, -0.15) is 0 Å². The van der Waals surface area contributed by atoms with Crippen molar-refractivity contribution in [2.45, 2.75) is 252 Å². The Kier molecular flexibility index (Phi) is 40.6. The van der Waals surface area contributed by atoms with Crippen LogP contribution in [0.4, 0.5) is 0 Å². The lowest BCUT2D eigenvalue weighted by Gasteiger charge is -2.26. The van der Waals surface area contributed by atoms with Crippen molar-refractivity contribution in [2.75, 3.05) is 19.6 Å². The highest BCUT2D eigenvalue weighted by atomic mass is 32.1. The molecule has 0 aliphatic heterocycles. The van der Waals surface area contributed by atoms with E-state index in [0.717, 1.165) is 24.7 Å². The van der Waals surface area contributed by atoms with Crippen LogP contribution in [0.25, 0.3) is 0 Å². The van der Waals surface area contributed by atoms with Gasteiger partial charge in [0, 0.05) is 19.6 Å². The minimum Gasteiger partial charge on any atom is -0.363 e. The van der Waals surface area contributed by atoms with Gasteiger partial charge >= 0.3 is 0 Å². The lowest BCUT2D eigenvalue weighted by molar-refractivity contribution is 0.377. The minimum atomic E-state index is 1.04. The lowest BCUT2D eigenvalue weighted by atomic mass is 10.0. The molecule has 3 heteroatoms. The predicted molar refractivity (Wildman–Crippen MR) is 215 cm³/mol. The van der Waals surface area contributed by atoms with E-state index in [-0.39, 0.29) is 0 Å². The van der Waals surface area contributed by atoms with E-state index in [0.29, 0.717) is 0 Å². The van der Waals surface area contributed by atoms with Crippen LogP contribution in [-0.4, -0.2) is 29.6 Å². The van der Waals surface area contributed by atoms with E-state index < -0.39 is 0 Å². The molecule has 0 fully saturated rings. The van der Waals surface area contributed by atoms with Gasteiger partial charge in [-0.1, -0.05) is 233 Å². The van der Waals surface area contributed by atoms with E-state index >= 15 is 0 Å². The summed E-state index contributed by atoms with van der Waals surface area (Å²) in [6, 6.07) is 0. The molecule has 0 bridgehead atoms. The van der Waals surface area contributed by atoms with Crippen molar-refractivity contribution in [3.63, 3.8) is 0 Å². The minimum absolute atomic E-state index is 1.04. The summed E-state index contributed by atoms with van der Waals surface area (Å²) in [5.41, 5.74) is 0. The summed E-state index contributed by atoms with van der Waals surface area (Å²) in [7, 11) is 0. The molecule has 1 N–H and O–H groups in total. The molecule has 0 aliphatic rings. The zero-order chi connectivity index (χ0) is 33.4. The second kappa shape index (κ2) is 40.9. The molecule has 0 aliphatic carbocycles. The number of unbranched alkanes of at least 4 members (excludes halogenated alkanes) is 33. The molecule has 0 spiro atoms. The van der Waals surface area contributed by atoms with Crippen molar-refractivity contribution in [2.24, 2.45) is 0 Å². The highest BCUT2D eigenvalue weighted by molar-refractivity contribution is 7.80. The lowest BCUT2D eigenvalue weighted by Crippen LogP contribution is -2.41. The van der Waals surface area contributed by atoms with Crippen LogP contribution < -0.4 is 5.32 Å². The van der Waals surface area contributed by atoms with Crippen molar-refractivity contribution in [1.82, 2.24) is 10.2 Å². The van der Waals surface area contributed by atoms with Crippen LogP contribution in [0, 0.1) is 0 Å². The maximum absolute atomic E-state index is 5.95. The third kappa shape index (κ3) is 36.5. The second-order valence-corrected chi connectivity index (χ2v) is 15.3. The summed E-state index contributed by atoms with van der Waals surface area (Å²) in [4.78, 5) is 2.53. The number of thiocarbonyl (C=S) groups is 1. The molecule has 0 aromatic heterocycles. The van der Waals surface area contributed by atoms with Gasteiger partial charge in [-0.15, -0.1) is 0 Å². The molecule has 0 aromatic carbocycles. The van der Waals surface area contributed by atoms with Gasteiger partial charge in [-0.25, -0.2) is 0 Å². The van der Waals surface area contributed by atoms with Crippen molar-refractivity contribution in [3.05, 3.63) is 0 Å². The predicted octanol–water partition coefficient (Wildman–Crippen LogP) is 15.3. The molecule has 46 heavy (non-hydrogen) atoms. The third-order valence-electron chi connectivity index (χ3n) is 10.2. The van der Waals surface area contributed by atoms with Crippen molar-refractivity contribution in [3.8, 4) is 0 Å². The summed E-state index contributed by atoms with van der Waals surface area (Å²) >= 11 is 5.95. The van der Waals surface area contributed by atoms with Gasteiger partial charge in [0.2, 0.25) is 0 Å². The molecular weight excluding hydrogens is 577 g/mol. The summed E-state index contributed by atoms with van der Waals surface area (Å²) in [5, 5.41) is 4.70. The fraction of sp³-hybridized carbons (Fsp3) is 0.977. The van der Waals surface area contributed by atoms with Gasteiger partial charge in [0.1, 0.15) is 0 Å². The first-order chi connectivity index (χ1) is 22.8. The summed E-state index contributed by atoms with van der Waals surface area (Å²) < 4.78 is 0. The van der Waals surface area contributed by atoms with Crippen LogP contribution >= 0.6 is 12.2 Å². The quantitative estimate of drug-likeness (QED) is 0.0520. The Balaban J connectivity index is 4.06. The fourth-order valence-corrected chi connectivity index (χ4v) is 7.16. The highest BCUT2D eigenvalue weighted by Gasteiger charge is 2.09. The normalized spacial score (nSPS) is 11.4. The molecule has 0 aromatic rings. The summed E-state index contributed by atoms with van der Waals surface area (Å²) in [6.07, 6.45) is 50.9. The van der Waals surface area contributed by atoms with E-state index in [1.54, 1.807) is 0 Å². The van der Waals surface area contributed by atoms with Crippen molar-refractivity contribution >= 4 is 17.3 Å². The van der Waals surface area contributed by atoms with Gasteiger partial charge in [-0.3, -0.25) is 0 Å². The molecule has 276 valence electrons. The largest absolute Gasteiger partial charge is 0.363 e. The molecule has 0 saturated carbocycles. The Morgan fingerprint density at radius 3 is 0.804 bits per heavy atom. The first-order valence-electron chi connectivity index (χ1n) is 21.8. The molecule has 0 heterocycles. The third-order valence-corrected chi connectivity index (χ3v) is 10.6. The van der Waals surface area contributed by atoms with Gasteiger partial charge in [-0.05, 0) is 31.5 Å². The molecule has 0 unspecified atom stereocenters. The Morgan fingerprint density at radius 2 is 0.543 bits per heavy atom. The fourth-order valence-electron chi connectivity index (χ4n) is 6.88. The molecule has 2 nitrogen and oxygen atoms in total. The number of nitrogens with zero attached hydrogens (tertiary/aromatic N) is 1. The van der Waals surface area contributed by atoms with Gasteiger partial charge < -0.3 is 10.2 Å². The molecule has 0 atom stereocenters. The Morgan fingerprint density at radius 1 is 0.326 bits per heavy atom. The molecule has 0 saturated heterocycles. The van der Waals surface area contributed by atoms with Crippen LogP contribution in [0.3, 0.4) is 0 Å². The van der Waals surface area contributed by atoms with Gasteiger partial charge in [0.25, 0.3) is 0 Å². The molecule has 0 rings (SSSR count). The summed E-state index contributed by atoms with van der Waals surface area (Å²) in [6.45, 7) is 10.3. The van der Waals surface area contributed by atoms with E-state index in [4.69, 9.17) is 12.2 Å². The first kappa shape index (κ1) is 45.7. The topological polar surface area (TPSA) is 15.3 Å². The van der Waals surface area contributed by atoms with Gasteiger partial charge in [0.15, 0.2) is 5.11 Å². The SMILES string of the molecule is CCCCCCCCCCCCCCNC(=S)N(CCCCCCCCCCCCCC)CCCCCCCCCCCCCC. The van der Waals surface area contributed by atoms with Crippen LogP contribution in [0.5, 0.6) is 0 Å². The zero-order valence-corrected chi connectivity index (χ0v) is 33.2. The van der Waals surface area contributed by atoms with Gasteiger partial charge in [0.05, 0.1) is 0 Å². The highest BCUT2D eigenvalue weighted by Crippen LogP contribution is 2.15. The maximum Gasteiger partial charge on any atom is 0.168 e. The monoisotopic (exact) mass is 665 g/mol. The van der Waals surface area contributed by atoms with Crippen LogP contribution in [0.2, 0.25) is 0 Å². The molecule has 0 radical (unpaired) electrons.